The first-order chi connectivity index (χ1) is 7.98. The SMILES string of the molecule is O[C@@H](/C=C/c1c[nH]c2ccccc12)C(F)(F)F. The number of benzene rings is 1. The van der Waals surface area contributed by atoms with E-state index in [4.69, 9.17) is 5.11 Å². The van der Waals surface area contributed by atoms with Crippen LogP contribution in [0, 0.1) is 0 Å². The van der Waals surface area contributed by atoms with E-state index in [9.17, 15) is 13.2 Å². The summed E-state index contributed by atoms with van der Waals surface area (Å²) in [6, 6.07) is 7.25. The molecule has 1 aromatic carbocycles. The maximum atomic E-state index is 12.1. The zero-order valence-corrected chi connectivity index (χ0v) is 8.70. The van der Waals surface area contributed by atoms with Crippen LogP contribution in [0.1, 0.15) is 5.56 Å². The van der Waals surface area contributed by atoms with Crippen LogP contribution in [0.25, 0.3) is 17.0 Å². The van der Waals surface area contributed by atoms with Crippen molar-refractivity contribution < 1.29 is 18.3 Å². The number of para-hydroxylation sites is 1. The molecule has 1 aromatic heterocycles. The molecule has 0 unspecified atom stereocenters. The van der Waals surface area contributed by atoms with Crippen LogP contribution in [0.15, 0.2) is 36.5 Å². The first-order valence-electron chi connectivity index (χ1n) is 4.97. The number of H-pyrrole nitrogens is 1. The average Bonchev–Trinajstić information content (AvgIpc) is 2.68. The van der Waals surface area contributed by atoms with Crippen LogP contribution >= 0.6 is 0 Å². The van der Waals surface area contributed by atoms with Crippen LogP contribution in [0.2, 0.25) is 0 Å². The third-order valence-electron chi connectivity index (χ3n) is 2.41. The third-order valence-corrected chi connectivity index (χ3v) is 2.41. The number of alkyl halides is 3. The van der Waals surface area contributed by atoms with E-state index >= 15 is 0 Å². The molecule has 0 saturated carbocycles. The van der Waals surface area contributed by atoms with Crippen molar-refractivity contribution >= 4 is 17.0 Å². The van der Waals surface area contributed by atoms with Crippen molar-refractivity contribution in [1.29, 1.82) is 0 Å². The van der Waals surface area contributed by atoms with Gasteiger partial charge in [0, 0.05) is 17.1 Å². The quantitative estimate of drug-likeness (QED) is 0.832. The molecule has 0 saturated heterocycles. The van der Waals surface area contributed by atoms with E-state index < -0.39 is 12.3 Å². The predicted molar refractivity (Wildman–Crippen MR) is 59.4 cm³/mol. The minimum absolute atomic E-state index is 0.615. The normalized spacial score (nSPS) is 14.6. The summed E-state index contributed by atoms with van der Waals surface area (Å²) in [6.45, 7) is 0. The number of aliphatic hydroxyl groups excluding tert-OH is 1. The molecule has 0 aliphatic carbocycles. The molecule has 1 heterocycles. The number of nitrogens with one attached hydrogen (secondary N) is 1. The summed E-state index contributed by atoms with van der Waals surface area (Å²) in [7, 11) is 0. The molecule has 2 aromatic rings. The summed E-state index contributed by atoms with van der Waals surface area (Å²) in [5.74, 6) is 0. The highest BCUT2D eigenvalue weighted by Crippen LogP contribution is 2.23. The minimum Gasteiger partial charge on any atom is -0.380 e. The second-order valence-corrected chi connectivity index (χ2v) is 3.64. The van der Waals surface area contributed by atoms with Gasteiger partial charge in [-0.15, -0.1) is 0 Å². The Bertz CT molecular complexity index is 542. The molecular formula is C12H10F3NO. The van der Waals surface area contributed by atoms with Crippen molar-refractivity contribution in [3.63, 3.8) is 0 Å². The van der Waals surface area contributed by atoms with Crippen LogP contribution < -0.4 is 0 Å². The third kappa shape index (κ3) is 2.50. The fourth-order valence-corrected chi connectivity index (χ4v) is 1.54. The molecule has 0 radical (unpaired) electrons. The summed E-state index contributed by atoms with van der Waals surface area (Å²) >= 11 is 0. The lowest BCUT2D eigenvalue weighted by Crippen LogP contribution is -2.25. The Morgan fingerprint density at radius 3 is 2.65 bits per heavy atom. The van der Waals surface area contributed by atoms with Gasteiger partial charge in [0.25, 0.3) is 0 Å². The standard InChI is InChI=1S/C12H10F3NO/c13-12(14,15)11(17)6-5-8-7-16-10-4-2-1-3-9(8)10/h1-7,11,16-17H/b6-5+/t11-/m0/s1. The van der Waals surface area contributed by atoms with E-state index in [1.807, 2.05) is 12.1 Å². The lowest BCUT2D eigenvalue weighted by Gasteiger charge is -2.09. The lowest BCUT2D eigenvalue weighted by molar-refractivity contribution is -0.187. The van der Waals surface area contributed by atoms with Gasteiger partial charge in [0.15, 0.2) is 6.10 Å². The molecule has 0 aliphatic rings. The topological polar surface area (TPSA) is 36.0 Å². The molecule has 2 N–H and O–H groups in total. The van der Waals surface area contributed by atoms with E-state index in [2.05, 4.69) is 4.98 Å². The second kappa shape index (κ2) is 4.25. The highest BCUT2D eigenvalue weighted by Gasteiger charge is 2.36. The Morgan fingerprint density at radius 2 is 1.94 bits per heavy atom. The fraction of sp³-hybridized carbons (Fsp3) is 0.167. The number of aromatic nitrogens is 1. The predicted octanol–water partition coefficient (Wildman–Crippen LogP) is 3.10. The number of hydrogen-bond donors (Lipinski definition) is 2. The van der Waals surface area contributed by atoms with Crippen molar-refractivity contribution in [3.8, 4) is 0 Å². The first-order valence-corrected chi connectivity index (χ1v) is 4.97. The van der Waals surface area contributed by atoms with Gasteiger partial charge in [-0.25, -0.2) is 0 Å². The van der Waals surface area contributed by atoms with Crippen LogP contribution in [0.3, 0.4) is 0 Å². The second-order valence-electron chi connectivity index (χ2n) is 3.64. The van der Waals surface area contributed by atoms with Crippen molar-refractivity contribution in [2.24, 2.45) is 0 Å². The van der Waals surface area contributed by atoms with Gasteiger partial charge in [-0.1, -0.05) is 24.3 Å². The molecule has 1 atom stereocenters. The number of aromatic amines is 1. The largest absolute Gasteiger partial charge is 0.417 e. The average molecular weight is 241 g/mol. The molecule has 0 spiro atoms. The van der Waals surface area contributed by atoms with Gasteiger partial charge >= 0.3 is 6.18 Å². The summed E-state index contributed by atoms with van der Waals surface area (Å²) in [6.07, 6.45) is -3.46. The molecule has 17 heavy (non-hydrogen) atoms. The van der Waals surface area contributed by atoms with E-state index in [0.29, 0.717) is 5.56 Å². The van der Waals surface area contributed by atoms with Crippen LogP contribution in [0.4, 0.5) is 13.2 Å². The van der Waals surface area contributed by atoms with Gasteiger partial charge < -0.3 is 10.1 Å². The summed E-state index contributed by atoms with van der Waals surface area (Å²) in [4.78, 5) is 2.94. The maximum Gasteiger partial charge on any atom is 0.417 e. The highest BCUT2D eigenvalue weighted by atomic mass is 19.4. The zero-order chi connectivity index (χ0) is 12.5. The molecule has 0 amide bonds. The Kier molecular flexibility index (Phi) is 2.93. The molecular weight excluding hydrogens is 231 g/mol. The number of hydrogen-bond acceptors (Lipinski definition) is 1. The molecule has 5 heteroatoms. The van der Waals surface area contributed by atoms with E-state index in [-0.39, 0.29) is 0 Å². The monoisotopic (exact) mass is 241 g/mol. The van der Waals surface area contributed by atoms with Gasteiger partial charge in [0.2, 0.25) is 0 Å². The summed E-state index contributed by atoms with van der Waals surface area (Å²) < 4.78 is 36.2. The molecule has 2 rings (SSSR count). The smallest absolute Gasteiger partial charge is 0.380 e. The Balaban J connectivity index is 2.27. The highest BCUT2D eigenvalue weighted by molar-refractivity contribution is 5.88. The van der Waals surface area contributed by atoms with Crippen LogP contribution in [-0.4, -0.2) is 22.4 Å². The van der Waals surface area contributed by atoms with Crippen LogP contribution in [-0.2, 0) is 0 Å². The van der Waals surface area contributed by atoms with Gasteiger partial charge in [0.05, 0.1) is 0 Å². The molecule has 0 fully saturated rings. The van der Waals surface area contributed by atoms with Crippen LogP contribution in [0.5, 0.6) is 0 Å². The fourth-order valence-electron chi connectivity index (χ4n) is 1.54. The number of fused-ring (bicyclic) bond motifs is 1. The van der Waals surface area contributed by atoms with Crippen molar-refractivity contribution in [2.45, 2.75) is 12.3 Å². The van der Waals surface area contributed by atoms with Crippen molar-refractivity contribution in [1.82, 2.24) is 4.98 Å². The van der Waals surface area contributed by atoms with Gasteiger partial charge in [-0.2, -0.15) is 13.2 Å². The van der Waals surface area contributed by atoms with Crippen molar-refractivity contribution in [2.75, 3.05) is 0 Å². The van der Waals surface area contributed by atoms with Gasteiger partial charge in [0.1, 0.15) is 0 Å². The van der Waals surface area contributed by atoms with E-state index in [0.717, 1.165) is 17.0 Å². The number of aliphatic hydroxyl groups is 1. The molecule has 0 bridgehead atoms. The lowest BCUT2D eigenvalue weighted by atomic mass is 10.1. The number of halogens is 3. The van der Waals surface area contributed by atoms with E-state index in [1.54, 1.807) is 18.3 Å². The Hall–Kier alpha value is -1.75. The zero-order valence-electron chi connectivity index (χ0n) is 8.70. The van der Waals surface area contributed by atoms with Gasteiger partial charge in [-0.05, 0) is 17.7 Å². The van der Waals surface area contributed by atoms with E-state index in [1.165, 1.54) is 6.08 Å². The van der Waals surface area contributed by atoms with Gasteiger partial charge in [-0.3, -0.25) is 0 Å². The maximum absolute atomic E-state index is 12.1. The molecule has 2 nitrogen and oxygen atoms in total. The summed E-state index contributed by atoms with van der Waals surface area (Å²) in [5, 5.41) is 9.65. The Morgan fingerprint density at radius 1 is 1.24 bits per heavy atom. The molecule has 0 aliphatic heterocycles. The molecule has 90 valence electrons. The van der Waals surface area contributed by atoms with Crippen molar-refractivity contribution in [3.05, 3.63) is 42.1 Å². The minimum atomic E-state index is -4.62. The number of rotatable bonds is 2. The summed E-state index contributed by atoms with van der Waals surface area (Å²) in [5.41, 5.74) is 1.46. The first kappa shape index (κ1) is 11.7. The Labute approximate surface area is 95.4 Å².